The van der Waals surface area contributed by atoms with Gasteiger partial charge in [0.05, 0.1) is 25.1 Å². The average Bonchev–Trinajstić information content (AvgIpc) is 2.95. The maximum Gasteiger partial charge on any atom is 0.416 e. The third kappa shape index (κ3) is 9.21. The summed E-state index contributed by atoms with van der Waals surface area (Å²) in [6.07, 6.45) is -4.40. The molecule has 47 heavy (non-hydrogen) atoms. The van der Waals surface area contributed by atoms with Crippen molar-refractivity contribution in [2.75, 3.05) is 27.7 Å². The second kappa shape index (κ2) is 15.1. The van der Waals surface area contributed by atoms with Crippen LogP contribution in [0.15, 0.2) is 41.3 Å². The zero-order valence-corrected chi connectivity index (χ0v) is 28.0. The lowest BCUT2D eigenvalue weighted by Crippen LogP contribution is -2.41. The number of carboxylic acid groups (broad SMARTS) is 1. The summed E-state index contributed by atoms with van der Waals surface area (Å²) in [6, 6.07) is 4.62. The molecule has 0 saturated heterocycles. The molecule has 3 aromatic rings. The van der Waals surface area contributed by atoms with Gasteiger partial charge in [-0.1, -0.05) is 13.8 Å². The molecule has 0 aliphatic carbocycles. The Morgan fingerprint density at radius 2 is 1.64 bits per heavy atom. The molecular weight excluding hydrogens is 618 g/mol. The lowest BCUT2D eigenvalue weighted by atomic mass is 9.90. The minimum Gasteiger partial charge on any atom is -0.497 e. The Bertz CT molecular complexity index is 1660. The van der Waals surface area contributed by atoms with Crippen LogP contribution < -0.4 is 15.6 Å². The number of carbonyl (C=O) groups is 2. The van der Waals surface area contributed by atoms with E-state index in [4.69, 9.17) is 4.74 Å². The number of carbonyl (C=O) groups excluding carboxylic acids is 1. The molecule has 12 heteroatoms. The topological polar surface area (TPSA) is 101 Å². The molecule has 2 aromatic carbocycles. The van der Waals surface area contributed by atoms with Gasteiger partial charge in [-0.2, -0.15) is 13.2 Å². The zero-order chi connectivity index (χ0) is 35.4. The molecule has 2 atom stereocenters. The van der Waals surface area contributed by atoms with Crippen LogP contribution in [0.3, 0.4) is 0 Å². The molecule has 2 N–H and O–H groups in total. The number of aromatic nitrogens is 1. The fraction of sp³-hybridized carbons (Fsp3) is 0.457. The zero-order valence-electron chi connectivity index (χ0n) is 28.0. The highest BCUT2D eigenvalue weighted by atomic mass is 19.4. The Labute approximate surface area is 272 Å². The summed E-state index contributed by atoms with van der Waals surface area (Å²) in [6.45, 7) is 9.09. The van der Waals surface area contributed by atoms with Crippen LogP contribution in [0, 0.1) is 32.5 Å². The standard InChI is InChI=1S/C35H43F4N3O5/c1-19(2)11-29(42-18-23(9-10-41(6)7)27(16-30(42)43)35(37,38)39)34(46)40-28(17-31(44)45)26-15-24(12-22(5)33(26)36)32-20(3)13-25(47-8)14-21(32)4/h12-16,18-19,28-29H,9-11,17H2,1-8H3,(H,40,46)(H,44,45)/t28-,29?/m0/s1. The summed E-state index contributed by atoms with van der Waals surface area (Å²) in [7, 11) is 4.95. The number of hydrogen-bond donors (Lipinski definition) is 2. The molecule has 0 aliphatic heterocycles. The average molecular weight is 662 g/mol. The fourth-order valence-electron chi connectivity index (χ4n) is 5.81. The monoisotopic (exact) mass is 661 g/mol. The van der Waals surface area contributed by atoms with Crippen LogP contribution in [-0.4, -0.2) is 54.2 Å². The maximum atomic E-state index is 15.8. The van der Waals surface area contributed by atoms with Crippen LogP contribution in [0.25, 0.3) is 11.1 Å². The van der Waals surface area contributed by atoms with E-state index in [0.29, 0.717) is 17.4 Å². The Morgan fingerprint density at radius 3 is 2.15 bits per heavy atom. The maximum absolute atomic E-state index is 15.8. The summed E-state index contributed by atoms with van der Waals surface area (Å²) in [5, 5.41) is 12.4. The van der Waals surface area contributed by atoms with Crippen LogP contribution in [0.4, 0.5) is 17.6 Å². The van der Waals surface area contributed by atoms with Gasteiger partial charge in [-0.25, -0.2) is 4.39 Å². The van der Waals surface area contributed by atoms with Crippen LogP contribution in [-0.2, 0) is 22.2 Å². The van der Waals surface area contributed by atoms with Crippen LogP contribution >= 0.6 is 0 Å². The molecule has 0 bridgehead atoms. The molecule has 256 valence electrons. The van der Waals surface area contributed by atoms with E-state index in [9.17, 15) is 32.7 Å². The number of ether oxygens (including phenoxy) is 1. The minimum atomic E-state index is -4.79. The van der Waals surface area contributed by atoms with Gasteiger partial charge < -0.3 is 24.6 Å². The second-order valence-electron chi connectivity index (χ2n) is 12.6. The van der Waals surface area contributed by atoms with Crippen molar-refractivity contribution in [3.63, 3.8) is 0 Å². The van der Waals surface area contributed by atoms with Gasteiger partial charge in [-0.15, -0.1) is 0 Å². The van der Waals surface area contributed by atoms with E-state index in [1.165, 1.54) is 13.0 Å². The number of alkyl halides is 3. The van der Waals surface area contributed by atoms with E-state index in [0.717, 1.165) is 27.5 Å². The molecule has 3 rings (SSSR count). The molecule has 0 aliphatic rings. The van der Waals surface area contributed by atoms with Crippen molar-refractivity contribution in [3.05, 3.63) is 86.1 Å². The number of pyridine rings is 1. The second-order valence-corrected chi connectivity index (χ2v) is 12.6. The Kier molecular flexibility index (Phi) is 12.0. The van der Waals surface area contributed by atoms with E-state index in [1.807, 2.05) is 26.0 Å². The SMILES string of the molecule is COc1cc(C)c(-c2cc(C)c(F)c([C@H](CC(=O)O)NC(=O)C(CC(C)C)n3cc(CCN(C)C)c(C(F)(F)F)cc3=O)c2)c(C)c1. The number of amides is 1. The highest BCUT2D eigenvalue weighted by molar-refractivity contribution is 5.82. The fourth-order valence-corrected chi connectivity index (χ4v) is 5.81. The highest BCUT2D eigenvalue weighted by Gasteiger charge is 2.36. The molecule has 1 heterocycles. The summed E-state index contributed by atoms with van der Waals surface area (Å²) in [5.74, 6) is -2.38. The molecule has 1 aromatic heterocycles. The third-order valence-electron chi connectivity index (χ3n) is 8.01. The van der Waals surface area contributed by atoms with Crippen molar-refractivity contribution in [2.45, 2.75) is 72.1 Å². The Morgan fingerprint density at radius 1 is 1.02 bits per heavy atom. The van der Waals surface area contributed by atoms with Crippen LogP contribution in [0.5, 0.6) is 5.75 Å². The van der Waals surface area contributed by atoms with Gasteiger partial charge in [0, 0.05) is 24.4 Å². The molecule has 8 nitrogen and oxygen atoms in total. The quantitative estimate of drug-likeness (QED) is 0.200. The lowest BCUT2D eigenvalue weighted by Gasteiger charge is -2.27. The number of methoxy groups -OCH3 is 1. The number of likely N-dealkylation sites (N-methyl/N-ethyl adjacent to an activating group) is 1. The molecule has 1 unspecified atom stereocenters. The van der Waals surface area contributed by atoms with Gasteiger partial charge in [0.1, 0.15) is 17.6 Å². The van der Waals surface area contributed by atoms with E-state index in [1.54, 1.807) is 46.0 Å². The minimum absolute atomic E-state index is 0.0404. The molecule has 0 saturated carbocycles. The van der Waals surface area contributed by atoms with Gasteiger partial charge in [0.25, 0.3) is 5.56 Å². The summed E-state index contributed by atoms with van der Waals surface area (Å²) in [5.41, 5.74) is 0.943. The number of aliphatic carboxylic acids is 1. The predicted molar refractivity (Wildman–Crippen MR) is 172 cm³/mol. The van der Waals surface area contributed by atoms with Crippen molar-refractivity contribution in [2.24, 2.45) is 5.92 Å². The first kappa shape index (κ1) is 37.3. The number of rotatable bonds is 13. The van der Waals surface area contributed by atoms with Gasteiger partial charge in [0.15, 0.2) is 0 Å². The third-order valence-corrected chi connectivity index (χ3v) is 8.01. The van der Waals surface area contributed by atoms with Crippen LogP contribution in [0.2, 0.25) is 0 Å². The summed E-state index contributed by atoms with van der Waals surface area (Å²) >= 11 is 0. The highest BCUT2D eigenvalue weighted by Crippen LogP contribution is 2.36. The molecular formula is C35H43F4N3O5. The molecule has 0 radical (unpaired) electrons. The number of benzene rings is 2. The van der Waals surface area contributed by atoms with Crippen molar-refractivity contribution >= 4 is 11.9 Å². The van der Waals surface area contributed by atoms with E-state index in [2.05, 4.69) is 5.32 Å². The van der Waals surface area contributed by atoms with E-state index >= 15 is 4.39 Å². The molecule has 0 spiro atoms. The molecule has 0 fully saturated rings. The summed E-state index contributed by atoms with van der Waals surface area (Å²) in [4.78, 5) is 40.8. The van der Waals surface area contributed by atoms with E-state index in [-0.39, 0.29) is 42.0 Å². The Hall–Kier alpha value is -4.19. The Balaban J connectivity index is 2.15. The van der Waals surface area contributed by atoms with Gasteiger partial charge in [-0.3, -0.25) is 14.4 Å². The largest absolute Gasteiger partial charge is 0.497 e. The first-order valence-corrected chi connectivity index (χ1v) is 15.3. The predicted octanol–water partition coefficient (Wildman–Crippen LogP) is 6.63. The number of aryl methyl sites for hydroxylation is 3. The first-order valence-electron chi connectivity index (χ1n) is 15.3. The van der Waals surface area contributed by atoms with Crippen molar-refractivity contribution in [1.82, 2.24) is 14.8 Å². The van der Waals surface area contributed by atoms with Crippen LogP contribution in [0.1, 0.15) is 72.2 Å². The number of nitrogens with one attached hydrogen (secondary N) is 1. The molecule has 1 amide bonds. The van der Waals surface area contributed by atoms with Crippen molar-refractivity contribution in [3.8, 4) is 16.9 Å². The number of halogens is 4. The van der Waals surface area contributed by atoms with Gasteiger partial charge >= 0.3 is 12.1 Å². The number of hydrogen-bond acceptors (Lipinski definition) is 5. The van der Waals surface area contributed by atoms with Gasteiger partial charge in [-0.05, 0) is 111 Å². The van der Waals surface area contributed by atoms with Crippen molar-refractivity contribution < 1.29 is 37.0 Å². The van der Waals surface area contributed by atoms with E-state index < -0.39 is 53.5 Å². The first-order chi connectivity index (χ1) is 21.8. The van der Waals surface area contributed by atoms with Crippen molar-refractivity contribution in [1.29, 1.82) is 0 Å². The number of carboxylic acids is 1. The smallest absolute Gasteiger partial charge is 0.416 e. The summed E-state index contributed by atoms with van der Waals surface area (Å²) < 4.78 is 63.8. The van der Waals surface area contributed by atoms with Gasteiger partial charge in [0.2, 0.25) is 5.91 Å². The lowest BCUT2D eigenvalue weighted by molar-refractivity contribution is -0.139. The number of nitrogens with zero attached hydrogens (tertiary/aromatic N) is 2. The normalized spacial score (nSPS) is 13.1.